The average molecular weight is 247 g/mol. The Balaban J connectivity index is 1.89. The Morgan fingerprint density at radius 1 is 1.39 bits per heavy atom. The molecule has 0 radical (unpaired) electrons. The van der Waals surface area contributed by atoms with Gasteiger partial charge in [-0.15, -0.1) is 0 Å². The number of aromatic hydroxyl groups is 2. The molecular formula is C13H17N3O2. The summed E-state index contributed by atoms with van der Waals surface area (Å²) in [6, 6.07) is 4.65. The van der Waals surface area contributed by atoms with Crippen LogP contribution in [0.2, 0.25) is 0 Å². The van der Waals surface area contributed by atoms with Gasteiger partial charge in [0.1, 0.15) is 17.3 Å². The van der Waals surface area contributed by atoms with E-state index in [1.165, 1.54) is 6.07 Å². The van der Waals surface area contributed by atoms with Gasteiger partial charge < -0.3 is 20.5 Å². The highest BCUT2D eigenvalue weighted by molar-refractivity contribution is 5.40. The zero-order chi connectivity index (χ0) is 13.0. The maximum absolute atomic E-state index is 9.73. The van der Waals surface area contributed by atoms with Crippen molar-refractivity contribution in [1.82, 2.24) is 15.3 Å². The maximum atomic E-state index is 9.73. The third kappa shape index (κ3) is 3.01. The van der Waals surface area contributed by atoms with Crippen LogP contribution in [-0.4, -0.2) is 26.7 Å². The van der Waals surface area contributed by atoms with Crippen molar-refractivity contribution >= 4 is 0 Å². The van der Waals surface area contributed by atoms with E-state index in [1.54, 1.807) is 24.5 Å². The van der Waals surface area contributed by atoms with Gasteiger partial charge >= 0.3 is 0 Å². The molecule has 0 spiro atoms. The number of nitrogens with zero attached hydrogens (tertiary/aromatic N) is 1. The van der Waals surface area contributed by atoms with Crippen LogP contribution >= 0.6 is 0 Å². The van der Waals surface area contributed by atoms with E-state index >= 15 is 0 Å². The van der Waals surface area contributed by atoms with Crippen LogP contribution in [0.4, 0.5) is 0 Å². The van der Waals surface area contributed by atoms with E-state index in [1.807, 2.05) is 6.92 Å². The van der Waals surface area contributed by atoms with Gasteiger partial charge in [0.25, 0.3) is 0 Å². The predicted octanol–water partition coefficient (Wildman–Crippen LogP) is 1.71. The largest absolute Gasteiger partial charge is 0.508 e. The monoisotopic (exact) mass is 247 g/mol. The summed E-state index contributed by atoms with van der Waals surface area (Å²) in [6.07, 6.45) is 4.32. The van der Waals surface area contributed by atoms with Crippen molar-refractivity contribution in [3.8, 4) is 11.5 Å². The molecule has 0 saturated heterocycles. The van der Waals surface area contributed by atoms with E-state index in [0.717, 1.165) is 24.4 Å². The summed E-state index contributed by atoms with van der Waals surface area (Å²) >= 11 is 0. The van der Waals surface area contributed by atoms with Gasteiger partial charge in [0.2, 0.25) is 0 Å². The minimum absolute atomic E-state index is 0.0144. The minimum Gasteiger partial charge on any atom is -0.508 e. The summed E-state index contributed by atoms with van der Waals surface area (Å²) in [4.78, 5) is 7.17. The molecule has 4 N–H and O–H groups in total. The Morgan fingerprint density at radius 2 is 2.22 bits per heavy atom. The molecule has 96 valence electrons. The lowest BCUT2D eigenvalue weighted by Gasteiger charge is -2.15. The van der Waals surface area contributed by atoms with Gasteiger partial charge in [0.05, 0.1) is 0 Å². The van der Waals surface area contributed by atoms with Crippen LogP contribution in [0.3, 0.4) is 0 Å². The first kappa shape index (κ1) is 12.4. The van der Waals surface area contributed by atoms with Crippen molar-refractivity contribution in [2.24, 2.45) is 0 Å². The third-order valence-electron chi connectivity index (χ3n) is 2.85. The standard InChI is InChI=1S/C13H17N3O2/c1-9(11-3-2-10(17)8-12(11)18)14-5-4-13-15-6-7-16-13/h2-3,6-9,14,17-18H,4-5H2,1H3,(H,15,16). The predicted molar refractivity (Wildman–Crippen MR) is 68.5 cm³/mol. The lowest BCUT2D eigenvalue weighted by Crippen LogP contribution is -2.21. The van der Waals surface area contributed by atoms with Crippen molar-refractivity contribution in [2.45, 2.75) is 19.4 Å². The number of aromatic nitrogens is 2. The Labute approximate surface area is 106 Å². The topological polar surface area (TPSA) is 81.2 Å². The van der Waals surface area contributed by atoms with Gasteiger partial charge in [0.15, 0.2) is 0 Å². The van der Waals surface area contributed by atoms with Crippen molar-refractivity contribution in [3.05, 3.63) is 42.0 Å². The molecule has 1 aromatic heterocycles. The van der Waals surface area contributed by atoms with Crippen LogP contribution in [0.25, 0.3) is 0 Å². The van der Waals surface area contributed by atoms with Crippen molar-refractivity contribution < 1.29 is 10.2 Å². The van der Waals surface area contributed by atoms with Gasteiger partial charge in [-0.1, -0.05) is 6.07 Å². The normalized spacial score (nSPS) is 12.5. The Kier molecular flexibility index (Phi) is 3.84. The molecule has 0 saturated carbocycles. The van der Waals surface area contributed by atoms with Gasteiger partial charge in [-0.3, -0.25) is 0 Å². The lowest BCUT2D eigenvalue weighted by atomic mass is 10.1. The van der Waals surface area contributed by atoms with Crippen LogP contribution in [0, 0.1) is 0 Å². The van der Waals surface area contributed by atoms with Crippen molar-refractivity contribution in [1.29, 1.82) is 0 Å². The Morgan fingerprint density at radius 3 is 2.89 bits per heavy atom. The highest BCUT2D eigenvalue weighted by Crippen LogP contribution is 2.27. The first-order valence-electron chi connectivity index (χ1n) is 5.90. The second-order valence-corrected chi connectivity index (χ2v) is 4.20. The number of rotatable bonds is 5. The zero-order valence-corrected chi connectivity index (χ0v) is 10.2. The summed E-state index contributed by atoms with van der Waals surface area (Å²) in [7, 11) is 0. The van der Waals surface area contributed by atoms with Crippen LogP contribution < -0.4 is 5.32 Å². The van der Waals surface area contributed by atoms with Gasteiger partial charge in [-0.25, -0.2) is 4.98 Å². The second-order valence-electron chi connectivity index (χ2n) is 4.20. The van der Waals surface area contributed by atoms with Crippen LogP contribution in [-0.2, 0) is 6.42 Å². The molecule has 1 unspecified atom stereocenters. The van der Waals surface area contributed by atoms with Gasteiger partial charge in [0, 0.05) is 43.0 Å². The fourth-order valence-electron chi connectivity index (χ4n) is 1.85. The molecule has 1 heterocycles. The molecule has 0 aliphatic rings. The van der Waals surface area contributed by atoms with Crippen molar-refractivity contribution in [3.63, 3.8) is 0 Å². The fraction of sp³-hybridized carbons (Fsp3) is 0.308. The molecule has 0 fully saturated rings. The molecule has 1 atom stereocenters. The SMILES string of the molecule is CC(NCCc1ncc[nH]1)c1ccc(O)cc1O. The first-order chi connectivity index (χ1) is 8.66. The van der Waals surface area contributed by atoms with E-state index in [-0.39, 0.29) is 17.5 Å². The summed E-state index contributed by atoms with van der Waals surface area (Å²) in [5.74, 6) is 1.11. The number of phenolic OH excluding ortho intramolecular Hbond substituents is 2. The average Bonchev–Trinajstić information content (AvgIpc) is 2.81. The van der Waals surface area contributed by atoms with Crippen LogP contribution in [0.15, 0.2) is 30.6 Å². The number of nitrogens with one attached hydrogen (secondary N) is 2. The minimum atomic E-state index is 0.0144. The molecule has 0 amide bonds. The fourth-order valence-corrected chi connectivity index (χ4v) is 1.85. The second kappa shape index (κ2) is 5.55. The van der Waals surface area contributed by atoms with Gasteiger partial charge in [-0.2, -0.15) is 0 Å². The van der Waals surface area contributed by atoms with Crippen molar-refractivity contribution in [2.75, 3.05) is 6.54 Å². The highest BCUT2D eigenvalue weighted by atomic mass is 16.3. The zero-order valence-electron chi connectivity index (χ0n) is 10.2. The number of aromatic amines is 1. The molecule has 0 bridgehead atoms. The van der Waals surface area contributed by atoms with E-state index in [2.05, 4.69) is 15.3 Å². The quantitative estimate of drug-likeness (QED) is 0.648. The molecule has 2 rings (SSSR count). The number of benzene rings is 1. The smallest absolute Gasteiger partial charge is 0.124 e. The number of imidazole rings is 1. The number of hydrogen-bond acceptors (Lipinski definition) is 4. The third-order valence-corrected chi connectivity index (χ3v) is 2.85. The summed E-state index contributed by atoms with van der Waals surface area (Å²) < 4.78 is 0. The summed E-state index contributed by atoms with van der Waals surface area (Å²) in [5, 5.41) is 22.2. The van der Waals surface area contributed by atoms with Gasteiger partial charge in [-0.05, 0) is 13.0 Å². The molecule has 0 aliphatic carbocycles. The molecule has 0 aliphatic heterocycles. The summed E-state index contributed by atoms with van der Waals surface area (Å²) in [6.45, 7) is 2.73. The number of phenols is 2. The van der Waals surface area contributed by atoms with Crippen LogP contribution in [0.1, 0.15) is 24.4 Å². The van der Waals surface area contributed by atoms with Crippen LogP contribution in [0.5, 0.6) is 11.5 Å². The van der Waals surface area contributed by atoms with E-state index in [0.29, 0.717) is 0 Å². The molecular weight excluding hydrogens is 230 g/mol. The van der Waals surface area contributed by atoms with E-state index in [9.17, 15) is 10.2 Å². The first-order valence-corrected chi connectivity index (χ1v) is 5.90. The number of H-pyrrole nitrogens is 1. The Hall–Kier alpha value is -2.01. The highest BCUT2D eigenvalue weighted by Gasteiger charge is 2.10. The Bertz CT molecular complexity index is 497. The van der Waals surface area contributed by atoms with E-state index < -0.39 is 0 Å². The molecule has 5 heteroatoms. The molecule has 2 aromatic rings. The molecule has 1 aromatic carbocycles. The molecule has 5 nitrogen and oxygen atoms in total. The lowest BCUT2D eigenvalue weighted by molar-refractivity contribution is 0.436. The maximum Gasteiger partial charge on any atom is 0.124 e. The number of hydrogen-bond donors (Lipinski definition) is 4. The van der Waals surface area contributed by atoms with E-state index in [4.69, 9.17) is 0 Å². The summed E-state index contributed by atoms with van der Waals surface area (Å²) in [5.41, 5.74) is 0.771. The molecule has 18 heavy (non-hydrogen) atoms.